The minimum atomic E-state index is -0.948. The van der Waals surface area contributed by atoms with E-state index in [4.69, 9.17) is 10.8 Å². The number of hydrogen-bond acceptors (Lipinski definition) is 5. The number of hydrazone groups is 1. The van der Waals surface area contributed by atoms with E-state index in [-0.39, 0.29) is 0 Å². The van der Waals surface area contributed by atoms with E-state index >= 15 is 0 Å². The molecule has 0 unspecified atom stereocenters. The van der Waals surface area contributed by atoms with Crippen LogP contribution in [0.4, 0.5) is 0 Å². The fourth-order valence-corrected chi connectivity index (χ4v) is 0.789. The first-order chi connectivity index (χ1) is 7.24. The first-order valence-electron chi connectivity index (χ1n) is 4.33. The van der Waals surface area contributed by atoms with E-state index in [9.17, 15) is 4.79 Å². The van der Waals surface area contributed by atoms with Crippen molar-refractivity contribution in [3.05, 3.63) is 30.1 Å². The van der Waals surface area contributed by atoms with Crippen molar-refractivity contribution in [1.82, 2.24) is 10.4 Å². The third kappa shape index (κ3) is 3.84. The van der Waals surface area contributed by atoms with E-state index in [1.165, 1.54) is 6.21 Å². The van der Waals surface area contributed by atoms with Crippen LogP contribution in [0.15, 0.2) is 29.6 Å². The van der Waals surface area contributed by atoms with Crippen LogP contribution in [0, 0.1) is 0 Å². The third-order valence-electron chi connectivity index (χ3n) is 1.61. The molecule has 1 amide bonds. The summed E-state index contributed by atoms with van der Waals surface area (Å²) in [4.78, 5) is 14.9. The van der Waals surface area contributed by atoms with Gasteiger partial charge in [-0.3, -0.25) is 9.78 Å². The summed E-state index contributed by atoms with van der Waals surface area (Å²) in [5.74, 6) is -0.530. The van der Waals surface area contributed by atoms with Gasteiger partial charge in [0.15, 0.2) is 0 Å². The summed E-state index contributed by atoms with van der Waals surface area (Å²) < 4.78 is 0. The highest BCUT2D eigenvalue weighted by atomic mass is 16.3. The Morgan fingerprint density at radius 3 is 3.20 bits per heavy atom. The molecule has 1 rings (SSSR count). The van der Waals surface area contributed by atoms with Gasteiger partial charge in [0, 0.05) is 18.0 Å². The number of rotatable bonds is 4. The van der Waals surface area contributed by atoms with E-state index in [0.717, 1.165) is 5.56 Å². The second kappa shape index (κ2) is 5.84. The molecule has 6 nitrogen and oxygen atoms in total. The smallest absolute Gasteiger partial charge is 0.259 e. The lowest BCUT2D eigenvalue weighted by atomic mass is 10.3. The molecule has 1 heterocycles. The minimum absolute atomic E-state index is 0.408. The maximum Gasteiger partial charge on any atom is 0.259 e. The van der Waals surface area contributed by atoms with E-state index in [1.54, 1.807) is 24.5 Å². The molecule has 0 fully saturated rings. The Morgan fingerprint density at radius 1 is 1.80 bits per heavy atom. The summed E-state index contributed by atoms with van der Waals surface area (Å²) in [5, 5.41) is 12.2. The van der Waals surface area contributed by atoms with E-state index < -0.39 is 18.6 Å². The number of nitrogens with one attached hydrogen (secondary N) is 1. The van der Waals surface area contributed by atoms with Gasteiger partial charge < -0.3 is 10.8 Å². The maximum atomic E-state index is 11.0. The predicted octanol–water partition coefficient (Wildman–Crippen LogP) is -1.15. The highest BCUT2D eigenvalue weighted by Gasteiger charge is 2.09. The van der Waals surface area contributed by atoms with Gasteiger partial charge in [0.25, 0.3) is 5.91 Å². The standard InChI is InChI=1S/C9H12N4O2/c10-8(6-14)9(15)13-12-5-7-2-1-3-11-4-7/h1-5,8,14H,6,10H2,(H,13,15)/t8-/m0/s1. The van der Waals surface area contributed by atoms with Crippen molar-refractivity contribution >= 4 is 12.1 Å². The van der Waals surface area contributed by atoms with Crippen LogP contribution in [-0.4, -0.2) is 34.9 Å². The lowest BCUT2D eigenvalue weighted by molar-refractivity contribution is -0.123. The SMILES string of the molecule is N[C@@H](CO)C(=O)NN=Cc1cccnc1. The monoisotopic (exact) mass is 208 g/mol. The highest BCUT2D eigenvalue weighted by Crippen LogP contribution is 1.89. The predicted molar refractivity (Wildman–Crippen MR) is 55.0 cm³/mol. The van der Waals surface area contributed by atoms with Gasteiger partial charge in [0.1, 0.15) is 6.04 Å². The molecule has 0 radical (unpaired) electrons. The van der Waals surface area contributed by atoms with Gasteiger partial charge in [-0.2, -0.15) is 5.10 Å². The zero-order chi connectivity index (χ0) is 11.1. The number of aromatic nitrogens is 1. The van der Waals surface area contributed by atoms with Crippen molar-refractivity contribution in [3.63, 3.8) is 0 Å². The number of nitrogens with zero attached hydrogens (tertiary/aromatic N) is 2. The molecule has 1 atom stereocenters. The van der Waals surface area contributed by atoms with Crippen LogP contribution in [0.3, 0.4) is 0 Å². The fourth-order valence-electron chi connectivity index (χ4n) is 0.789. The lowest BCUT2D eigenvalue weighted by Gasteiger charge is -2.04. The van der Waals surface area contributed by atoms with Crippen molar-refractivity contribution < 1.29 is 9.90 Å². The Morgan fingerprint density at radius 2 is 2.60 bits per heavy atom. The van der Waals surface area contributed by atoms with Gasteiger partial charge >= 0.3 is 0 Å². The summed E-state index contributed by atoms with van der Waals surface area (Å²) in [6, 6.07) is 2.59. The molecule has 0 aliphatic carbocycles. The Hall–Kier alpha value is -1.79. The summed E-state index contributed by atoms with van der Waals surface area (Å²) >= 11 is 0. The van der Waals surface area contributed by atoms with Crippen LogP contribution in [0.1, 0.15) is 5.56 Å². The molecule has 0 bridgehead atoms. The van der Waals surface area contributed by atoms with Gasteiger partial charge in [0.05, 0.1) is 12.8 Å². The van der Waals surface area contributed by atoms with Crippen molar-refractivity contribution in [1.29, 1.82) is 0 Å². The molecule has 15 heavy (non-hydrogen) atoms. The molecule has 0 saturated heterocycles. The quantitative estimate of drug-likeness (QED) is 0.429. The zero-order valence-electron chi connectivity index (χ0n) is 8.00. The number of hydrogen-bond donors (Lipinski definition) is 3. The van der Waals surface area contributed by atoms with E-state index in [0.29, 0.717) is 0 Å². The van der Waals surface area contributed by atoms with Crippen molar-refractivity contribution in [2.45, 2.75) is 6.04 Å². The number of carbonyl (C=O) groups excluding carboxylic acids is 1. The molecule has 1 aromatic rings. The molecule has 0 aromatic carbocycles. The zero-order valence-corrected chi connectivity index (χ0v) is 8.00. The van der Waals surface area contributed by atoms with Crippen LogP contribution >= 0.6 is 0 Å². The van der Waals surface area contributed by atoms with E-state index in [1.807, 2.05) is 0 Å². The Bertz CT molecular complexity index is 339. The number of carbonyl (C=O) groups is 1. The second-order valence-electron chi connectivity index (χ2n) is 2.81. The van der Waals surface area contributed by atoms with Crippen molar-refractivity contribution in [3.8, 4) is 0 Å². The molecular weight excluding hydrogens is 196 g/mol. The molecule has 0 aliphatic heterocycles. The number of amides is 1. The fraction of sp³-hybridized carbons (Fsp3) is 0.222. The van der Waals surface area contributed by atoms with Gasteiger partial charge in [-0.25, -0.2) is 5.43 Å². The largest absolute Gasteiger partial charge is 0.394 e. The first kappa shape index (κ1) is 11.3. The first-order valence-corrected chi connectivity index (χ1v) is 4.33. The van der Waals surface area contributed by atoms with Crippen LogP contribution in [-0.2, 0) is 4.79 Å². The summed E-state index contributed by atoms with van der Waals surface area (Å²) in [7, 11) is 0. The van der Waals surface area contributed by atoms with Crippen LogP contribution in [0.25, 0.3) is 0 Å². The maximum absolute atomic E-state index is 11.0. The summed E-state index contributed by atoms with van der Waals surface area (Å²) in [5.41, 5.74) is 8.21. The van der Waals surface area contributed by atoms with Gasteiger partial charge in [-0.1, -0.05) is 6.07 Å². The molecule has 80 valence electrons. The lowest BCUT2D eigenvalue weighted by Crippen LogP contribution is -2.40. The van der Waals surface area contributed by atoms with Gasteiger partial charge in [0.2, 0.25) is 0 Å². The number of nitrogens with two attached hydrogens (primary N) is 1. The molecule has 0 aliphatic rings. The molecule has 1 aromatic heterocycles. The average molecular weight is 208 g/mol. The minimum Gasteiger partial charge on any atom is -0.394 e. The second-order valence-corrected chi connectivity index (χ2v) is 2.81. The molecule has 6 heteroatoms. The summed E-state index contributed by atoms with van der Waals surface area (Å²) in [6.07, 6.45) is 4.67. The van der Waals surface area contributed by atoms with Crippen molar-refractivity contribution in [2.24, 2.45) is 10.8 Å². The third-order valence-corrected chi connectivity index (χ3v) is 1.61. The highest BCUT2D eigenvalue weighted by molar-refractivity contribution is 5.84. The average Bonchev–Trinajstić information content (AvgIpc) is 2.29. The van der Waals surface area contributed by atoms with Crippen LogP contribution < -0.4 is 11.2 Å². The Balaban J connectivity index is 2.44. The van der Waals surface area contributed by atoms with Crippen molar-refractivity contribution in [2.75, 3.05) is 6.61 Å². The van der Waals surface area contributed by atoms with Crippen LogP contribution in [0.2, 0.25) is 0 Å². The number of aliphatic hydroxyl groups excluding tert-OH is 1. The van der Waals surface area contributed by atoms with Crippen LogP contribution in [0.5, 0.6) is 0 Å². The normalized spacial score (nSPS) is 12.7. The Labute approximate surface area is 86.8 Å². The number of pyridine rings is 1. The van der Waals surface area contributed by atoms with Gasteiger partial charge in [-0.15, -0.1) is 0 Å². The summed E-state index contributed by atoms with van der Waals surface area (Å²) in [6.45, 7) is -0.408. The Kier molecular flexibility index (Phi) is 4.39. The number of aliphatic hydroxyl groups is 1. The molecule has 4 N–H and O–H groups in total. The molecule has 0 spiro atoms. The topological polar surface area (TPSA) is 101 Å². The molecular formula is C9H12N4O2. The van der Waals surface area contributed by atoms with Gasteiger partial charge in [-0.05, 0) is 6.07 Å². The molecule has 0 saturated carbocycles. The van der Waals surface area contributed by atoms with E-state index in [2.05, 4.69) is 15.5 Å².